The summed E-state index contributed by atoms with van der Waals surface area (Å²) in [5.74, 6) is -1.83. The van der Waals surface area contributed by atoms with Crippen molar-refractivity contribution in [3.8, 4) is 0 Å². The van der Waals surface area contributed by atoms with Gasteiger partial charge in [0.15, 0.2) is 0 Å². The third kappa shape index (κ3) is 5.45. The van der Waals surface area contributed by atoms with E-state index in [0.717, 1.165) is 9.80 Å². The molecule has 0 bridgehead atoms. The van der Waals surface area contributed by atoms with E-state index in [1.165, 1.54) is 24.3 Å². The first-order chi connectivity index (χ1) is 15.0. The molecule has 2 heterocycles. The highest BCUT2D eigenvalue weighted by Gasteiger charge is 2.47. The minimum atomic E-state index is -3.74. The van der Waals surface area contributed by atoms with E-state index in [-0.39, 0.29) is 13.2 Å². The Bertz CT molecular complexity index is 927. The van der Waals surface area contributed by atoms with Crippen LogP contribution in [0.5, 0.6) is 0 Å². The molecule has 32 heavy (non-hydrogen) atoms. The lowest BCUT2D eigenvalue weighted by atomic mass is 10.2. The van der Waals surface area contributed by atoms with E-state index < -0.39 is 37.2 Å². The van der Waals surface area contributed by atoms with E-state index in [0.29, 0.717) is 22.7 Å². The summed E-state index contributed by atoms with van der Waals surface area (Å²) in [6.45, 7) is -1.46. The SMILES string of the molecule is Nc1ccc(N2CC(F)(F)OCC2=O)cc1.Nc1ccc(N2CCOC(F)(F)C2=O)cc1. The van der Waals surface area contributed by atoms with E-state index in [4.69, 9.17) is 11.5 Å². The maximum absolute atomic E-state index is 13.0. The van der Waals surface area contributed by atoms with Gasteiger partial charge in [-0.3, -0.25) is 9.59 Å². The maximum Gasteiger partial charge on any atom is 0.437 e. The standard InChI is InChI=1S/2C10H10F2N2O2/c11-10(12)6-14(9(15)5-16-10)8-3-1-7(13)2-4-8;11-10(12)9(15)14(5-6-16-10)8-3-1-7(13)2-4-8/h2*1-4H,5-6,13H2. The van der Waals surface area contributed by atoms with Crippen molar-refractivity contribution >= 4 is 34.6 Å². The lowest BCUT2D eigenvalue weighted by Crippen LogP contribution is -2.52. The number of nitrogens with zero attached hydrogens (tertiary/aromatic N) is 2. The van der Waals surface area contributed by atoms with Crippen LogP contribution < -0.4 is 21.3 Å². The van der Waals surface area contributed by atoms with Crippen LogP contribution in [0.25, 0.3) is 0 Å². The second-order valence-electron chi connectivity index (χ2n) is 6.91. The molecule has 2 saturated heterocycles. The molecule has 2 aromatic rings. The number of ether oxygens (including phenoxy) is 2. The molecule has 0 aromatic heterocycles. The molecule has 4 N–H and O–H groups in total. The number of carbonyl (C=O) groups excluding carboxylic acids is 2. The molecule has 0 radical (unpaired) electrons. The predicted molar refractivity (Wildman–Crippen MR) is 108 cm³/mol. The first-order valence-corrected chi connectivity index (χ1v) is 9.35. The molecule has 2 fully saturated rings. The molecule has 2 aliphatic rings. The second kappa shape index (κ2) is 9.01. The lowest BCUT2D eigenvalue weighted by molar-refractivity contribution is -0.238. The maximum atomic E-state index is 13.0. The number of morpholine rings is 2. The summed E-state index contributed by atoms with van der Waals surface area (Å²) < 4.78 is 60.1. The van der Waals surface area contributed by atoms with Gasteiger partial charge in [-0.15, -0.1) is 0 Å². The third-order valence-corrected chi connectivity index (χ3v) is 4.55. The topological polar surface area (TPSA) is 111 Å². The minimum absolute atomic E-state index is 0.109. The van der Waals surface area contributed by atoms with Crippen LogP contribution in [0.1, 0.15) is 0 Å². The zero-order chi connectivity index (χ0) is 23.5. The number of benzene rings is 2. The van der Waals surface area contributed by atoms with Gasteiger partial charge in [-0.05, 0) is 48.5 Å². The van der Waals surface area contributed by atoms with Crippen molar-refractivity contribution < 1.29 is 36.6 Å². The molecule has 0 aliphatic carbocycles. The van der Waals surface area contributed by atoms with Gasteiger partial charge >= 0.3 is 18.1 Å². The van der Waals surface area contributed by atoms with Gasteiger partial charge in [0.05, 0.1) is 6.61 Å². The number of nitrogens with two attached hydrogens (primary N) is 2. The molecule has 2 aromatic carbocycles. The van der Waals surface area contributed by atoms with Gasteiger partial charge in [0, 0.05) is 29.3 Å². The van der Waals surface area contributed by atoms with Crippen LogP contribution in [0.15, 0.2) is 48.5 Å². The summed E-state index contributed by atoms with van der Waals surface area (Å²) in [5, 5.41) is 0. The Labute approximate surface area is 180 Å². The van der Waals surface area contributed by atoms with Crippen molar-refractivity contribution in [3.63, 3.8) is 0 Å². The largest absolute Gasteiger partial charge is 0.437 e. The van der Waals surface area contributed by atoms with Crippen molar-refractivity contribution in [2.24, 2.45) is 0 Å². The number of anilines is 4. The van der Waals surface area contributed by atoms with Crippen LogP contribution in [0, 0.1) is 0 Å². The van der Waals surface area contributed by atoms with Gasteiger partial charge < -0.3 is 30.7 Å². The van der Waals surface area contributed by atoms with Gasteiger partial charge in [0.25, 0.3) is 5.91 Å². The van der Waals surface area contributed by atoms with Crippen molar-refractivity contribution in [2.45, 2.75) is 12.2 Å². The third-order valence-electron chi connectivity index (χ3n) is 4.55. The summed E-state index contributed by atoms with van der Waals surface area (Å²) in [6.07, 6.45) is -7.03. The van der Waals surface area contributed by atoms with Crippen molar-refractivity contribution in [3.05, 3.63) is 48.5 Å². The monoisotopic (exact) mass is 456 g/mol. The molecular formula is C20H20F4N4O4. The smallest absolute Gasteiger partial charge is 0.399 e. The predicted octanol–water partition coefficient (Wildman–Crippen LogP) is 2.45. The van der Waals surface area contributed by atoms with Crippen LogP contribution in [0.2, 0.25) is 0 Å². The number of carbonyl (C=O) groups is 2. The Kier molecular flexibility index (Phi) is 6.55. The Morgan fingerprint density at radius 3 is 1.81 bits per heavy atom. The normalized spacial score (nSPS) is 19.9. The van der Waals surface area contributed by atoms with Gasteiger partial charge in [0.2, 0.25) is 0 Å². The number of rotatable bonds is 2. The Hall–Kier alpha value is -3.38. The van der Waals surface area contributed by atoms with Gasteiger partial charge in [-0.25, -0.2) is 0 Å². The minimum Gasteiger partial charge on any atom is -0.399 e. The van der Waals surface area contributed by atoms with E-state index in [1.54, 1.807) is 24.3 Å². The number of halogens is 4. The van der Waals surface area contributed by atoms with E-state index in [9.17, 15) is 27.2 Å². The highest BCUT2D eigenvalue weighted by Crippen LogP contribution is 2.28. The van der Waals surface area contributed by atoms with Gasteiger partial charge in [-0.1, -0.05) is 0 Å². The highest BCUT2D eigenvalue weighted by atomic mass is 19.3. The summed E-state index contributed by atoms with van der Waals surface area (Å²) in [5.41, 5.74) is 12.7. The van der Waals surface area contributed by atoms with Crippen molar-refractivity contribution in [1.82, 2.24) is 0 Å². The molecular weight excluding hydrogens is 436 g/mol. The summed E-state index contributed by atoms with van der Waals surface area (Å²) in [6, 6.07) is 12.3. The van der Waals surface area contributed by atoms with E-state index >= 15 is 0 Å². The number of hydrogen-bond donors (Lipinski definition) is 2. The number of amides is 2. The second-order valence-corrected chi connectivity index (χ2v) is 6.91. The zero-order valence-electron chi connectivity index (χ0n) is 16.6. The number of hydrogen-bond acceptors (Lipinski definition) is 6. The molecule has 0 atom stereocenters. The molecule has 8 nitrogen and oxygen atoms in total. The fraction of sp³-hybridized carbons (Fsp3) is 0.300. The average molecular weight is 456 g/mol. The quantitative estimate of drug-likeness (QED) is 0.531. The summed E-state index contributed by atoms with van der Waals surface area (Å²) in [7, 11) is 0. The molecule has 172 valence electrons. The van der Waals surface area contributed by atoms with Crippen LogP contribution >= 0.6 is 0 Å². The van der Waals surface area contributed by atoms with Crippen LogP contribution in [-0.2, 0) is 19.1 Å². The molecule has 12 heteroatoms. The average Bonchev–Trinajstić information content (AvgIpc) is 2.74. The van der Waals surface area contributed by atoms with E-state index in [2.05, 4.69) is 9.47 Å². The van der Waals surface area contributed by atoms with Crippen LogP contribution in [0.3, 0.4) is 0 Å². The first-order valence-electron chi connectivity index (χ1n) is 9.35. The lowest BCUT2D eigenvalue weighted by Gasteiger charge is -2.32. The van der Waals surface area contributed by atoms with Gasteiger partial charge in [0.1, 0.15) is 13.2 Å². The first kappa shape index (κ1) is 23.3. The van der Waals surface area contributed by atoms with Crippen molar-refractivity contribution in [2.75, 3.05) is 47.6 Å². The molecule has 2 aliphatic heterocycles. The molecule has 2 amide bonds. The molecule has 0 spiro atoms. The van der Waals surface area contributed by atoms with Crippen LogP contribution in [0.4, 0.5) is 40.3 Å². The van der Waals surface area contributed by atoms with E-state index in [1.807, 2.05) is 0 Å². The summed E-state index contributed by atoms with van der Waals surface area (Å²) >= 11 is 0. The number of nitrogen functional groups attached to an aromatic ring is 2. The van der Waals surface area contributed by atoms with Gasteiger partial charge in [-0.2, -0.15) is 17.6 Å². The summed E-state index contributed by atoms with van der Waals surface area (Å²) in [4.78, 5) is 24.7. The molecule has 4 rings (SSSR count). The molecule has 0 saturated carbocycles. The Balaban J connectivity index is 0.000000181. The fourth-order valence-corrected chi connectivity index (χ4v) is 2.94. The fourth-order valence-electron chi connectivity index (χ4n) is 2.94. The van der Waals surface area contributed by atoms with Crippen LogP contribution in [-0.4, -0.2) is 50.3 Å². The zero-order valence-corrected chi connectivity index (χ0v) is 16.6. The Morgan fingerprint density at radius 1 is 0.781 bits per heavy atom. The highest BCUT2D eigenvalue weighted by molar-refractivity contribution is 5.98. The van der Waals surface area contributed by atoms with Crippen molar-refractivity contribution in [1.29, 1.82) is 0 Å². The number of alkyl halides is 4. The Morgan fingerprint density at radius 2 is 1.28 bits per heavy atom. The molecule has 0 unspecified atom stereocenters.